The Hall–Kier alpha value is -1.06. The standard InChI is InChI=1S/C9H6ClNOS/c10-7-2-5-1-6(4-12)13-9(5)3-8(7)11/h1-4H,11H2. The van der Waals surface area contributed by atoms with Gasteiger partial charge in [-0.3, -0.25) is 4.79 Å². The third-order valence-corrected chi connectivity index (χ3v) is 3.12. The fourth-order valence-electron chi connectivity index (χ4n) is 1.15. The predicted molar refractivity (Wildman–Crippen MR) is 56.6 cm³/mol. The van der Waals surface area contributed by atoms with Crippen LogP contribution >= 0.6 is 22.9 Å². The Morgan fingerprint density at radius 1 is 1.38 bits per heavy atom. The highest BCUT2D eigenvalue weighted by atomic mass is 35.5. The Bertz CT molecular complexity index is 439. The van der Waals surface area contributed by atoms with Crippen molar-refractivity contribution in [2.24, 2.45) is 0 Å². The zero-order chi connectivity index (χ0) is 9.42. The second-order valence-electron chi connectivity index (χ2n) is 2.68. The minimum atomic E-state index is 0.530. The van der Waals surface area contributed by atoms with E-state index in [1.54, 1.807) is 18.2 Å². The van der Waals surface area contributed by atoms with E-state index in [0.717, 1.165) is 16.4 Å². The fourth-order valence-corrected chi connectivity index (χ4v) is 2.24. The van der Waals surface area contributed by atoms with Gasteiger partial charge in [0.25, 0.3) is 0 Å². The van der Waals surface area contributed by atoms with Crippen molar-refractivity contribution < 1.29 is 4.79 Å². The van der Waals surface area contributed by atoms with Crippen LogP contribution in [-0.2, 0) is 0 Å². The van der Waals surface area contributed by atoms with E-state index in [0.29, 0.717) is 15.6 Å². The van der Waals surface area contributed by atoms with E-state index >= 15 is 0 Å². The number of rotatable bonds is 1. The van der Waals surface area contributed by atoms with E-state index in [4.69, 9.17) is 17.3 Å². The molecular formula is C9H6ClNOS. The van der Waals surface area contributed by atoms with E-state index in [9.17, 15) is 4.79 Å². The molecule has 4 heteroatoms. The van der Waals surface area contributed by atoms with Crippen LogP contribution in [-0.4, -0.2) is 6.29 Å². The Morgan fingerprint density at radius 2 is 2.15 bits per heavy atom. The molecule has 0 atom stereocenters. The summed E-state index contributed by atoms with van der Waals surface area (Å²) in [7, 11) is 0. The average molecular weight is 212 g/mol. The number of benzene rings is 1. The Labute approximate surface area is 83.9 Å². The van der Waals surface area contributed by atoms with Gasteiger partial charge in [-0.1, -0.05) is 11.6 Å². The van der Waals surface area contributed by atoms with Crippen LogP contribution in [0.3, 0.4) is 0 Å². The molecule has 0 saturated heterocycles. The molecule has 66 valence electrons. The van der Waals surface area contributed by atoms with Crippen molar-refractivity contribution in [2.45, 2.75) is 0 Å². The molecule has 0 aliphatic carbocycles. The summed E-state index contributed by atoms with van der Waals surface area (Å²) in [6.07, 6.45) is 0.828. The first-order valence-electron chi connectivity index (χ1n) is 3.64. The number of nitrogen functional groups attached to an aromatic ring is 1. The molecule has 0 amide bonds. The normalized spacial score (nSPS) is 10.5. The molecule has 0 saturated carbocycles. The average Bonchev–Trinajstić information content (AvgIpc) is 2.48. The minimum absolute atomic E-state index is 0.530. The molecule has 2 rings (SSSR count). The number of thiophene rings is 1. The van der Waals surface area contributed by atoms with Crippen LogP contribution in [0, 0.1) is 0 Å². The molecule has 1 aromatic heterocycles. The summed E-state index contributed by atoms with van der Waals surface area (Å²) in [5.41, 5.74) is 6.17. The Balaban J connectivity index is 2.77. The van der Waals surface area contributed by atoms with Gasteiger partial charge in [0.15, 0.2) is 6.29 Å². The van der Waals surface area contributed by atoms with E-state index in [-0.39, 0.29) is 0 Å². The lowest BCUT2D eigenvalue weighted by Crippen LogP contribution is -1.83. The third kappa shape index (κ3) is 1.41. The molecular weight excluding hydrogens is 206 g/mol. The van der Waals surface area contributed by atoms with Crippen LogP contribution in [0.25, 0.3) is 10.1 Å². The van der Waals surface area contributed by atoms with Crippen molar-refractivity contribution in [1.82, 2.24) is 0 Å². The van der Waals surface area contributed by atoms with E-state index in [2.05, 4.69) is 0 Å². The number of fused-ring (bicyclic) bond motifs is 1. The predicted octanol–water partition coefficient (Wildman–Crippen LogP) is 2.95. The second kappa shape index (κ2) is 3.01. The molecule has 2 nitrogen and oxygen atoms in total. The molecule has 0 aliphatic heterocycles. The van der Waals surface area contributed by atoms with Crippen LogP contribution in [0.1, 0.15) is 9.67 Å². The van der Waals surface area contributed by atoms with E-state index in [1.165, 1.54) is 11.3 Å². The number of carbonyl (C=O) groups is 1. The SMILES string of the molecule is Nc1cc2sc(C=O)cc2cc1Cl. The molecule has 0 bridgehead atoms. The first kappa shape index (κ1) is 8.53. The van der Waals surface area contributed by atoms with Crippen LogP contribution in [0.15, 0.2) is 18.2 Å². The minimum Gasteiger partial charge on any atom is -0.397 e. The lowest BCUT2D eigenvalue weighted by Gasteiger charge is -1.95. The van der Waals surface area contributed by atoms with Gasteiger partial charge in [0.05, 0.1) is 15.6 Å². The van der Waals surface area contributed by atoms with Gasteiger partial charge in [0.1, 0.15) is 0 Å². The number of halogens is 1. The summed E-state index contributed by atoms with van der Waals surface area (Å²) in [4.78, 5) is 11.2. The van der Waals surface area contributed by atoms with Gasteiger partial charge in [-0.15, -0.1) is 11.3 Å². The van der Waals surface area contributed by atoms with Gasteiger partial charge in [-0.05, 0) is 23.6 Å². The largest absolute Gasteiger partial charge is 0.397 e. The highest BCUT2D eigenvalue weighted by Gasteiger charge is 2.03. The molecule has 0 unspecified atom stereocenters. The van der Waals surface area contributed by atoms with Crippen LogP contribution < -0.4 is 5.73 Å². The fraction of sp³-hybridized carbons (Fsp3) is 0. The summed E-state index contributed by atoms with van der Waals surface area (Å²) in [5.74, 6) is 0. The molecule has 13 heavy (non-hydrogen) atoms. The molecule has 0 spiro atoms. The number of carbonyl (C=O) groups excluding carboxylic acids is 1. The summed E-state index contributed by atoms with van der Waals surface area (Å²) in [6.45, 7) is 0. The summed E-state index contributed by atoms with van der Waals surface area (Å²) < 4.78 is 0.990. The summed E-state index contributed by atoms with van der Waals surface area (Å²) in [6, 6.07) is 5.36. The van der Waals surface area contributed by atoms with Gasteiger partial charge in [-0.25, -0.2) is 0 Å². The maximum atomic E-state index is 10.5. The highest BCUT2D eigenvalue weighted by molar-refractivity contribution is 7.20. The first-order chi connectivity index (χ1) is 6.20. The van der Waals surface area contributed by atoms with Crippen LogP contribution in [0.5, 0.6) is 0 Å². The monoisotopic (exact) mass is 211 g/mol. The van der Waals surface area contributed by atoms with Gasteiger partial charge < -0.3 is 5.73 Å². The number of aldehydes is 1. The number of anilines is 1. The van der Waals surface area contributed by atoms with Crippen molar-refractivity contribution in [1.29, 1.82) is 0 Å². The maximum absolute atomic E-state index is 10.5. The van der Waals surface area contributed by atoms with E-state index in [1.807, 2.05) is 0 Å². The molecule has 0 fully saturated rings. The lowest BCUT2D eigenvalue weighted by atomic mass is 10.2. The van der Waals surface area contributed by atoms with Crippen molar-refractivity contribution in [3.63, 3.8) is 0 Å². The molecule has 0 aliphatic rings. The maximum Gasteiger partial charge on any atom is 0.160 e. The quantitative estimate of drug-likeness (QED) is 0.582. The molecule has 0 radical (unpaired) electrons. The van der Waals surface area contributed by atoms with Crippen molar-refractivity contribution in [2.75, 3.05) is 5.73 Å². The zero-order valence-electron chi connectivity index (χ0n) is 6.58. The topological polar surface area (TPSA) is 43.1 Å². The number of nitrogens with two attached hydrogens (primary N) is 1. The van der Waals surface area contributed by atoms with Crippen molar-refractivity contribution in [3.05, 3.63) is 28.1 Å². The Kier molecular flexibility index (Phi) is 1.98. The number of hydrogen-bond acceptors (Lipinski definition) is 3. The van der Waals surface area contributed by atoms with Crippen LogP contribution in [0.2, 0.25) is 5.02 Å². The summed E-state index contributed by atoms with van der Waals surface area (Å²) >= 11 is 7.24. The van der Waals surface area contributed by atoms with Gasteiger partial charge >= 0.3 is 0 Å². The lowest BCUT2D eigenvalue weighted by molar-refractivity contribution is 0.112. The molecule has 1 aromatic carbocycles. The second-order valence-corrected chi connectivity index (χ2v) is 4.20. The van der Waals surface area contributed by atoms with Crippen molar-refractivity contribution in [3.8, 4) is 0 Å². The smallest absolute Gasteiger partial charge is 0.160 e. The zero-order valence-corrected chi connectivity index (χ0v) is 8.15. The Morgan fingerprint density at radius 3 is 2.85 bits per heavy atom. The van der Waals surface area contributed by atoms with Gasteiger partial charge in [0, 0.05) is 4.70 Å². The first-order valence-corrected chi connectivity index (χ1v) is 4.84. The number of hydrogen-bond donors (Lipinski definition) is 1. The molecule has 2 N–H and O–H groups in total. The van der Waals surface area contributed by atoms with Gasteiger partial charge in [-0.2, -0.15) is 0 Å². The third-order valence-electron chi connectivity index (χ3n) is 1.77. The van der Waals surface area contributed by atoms with Gasteiger partial charge in [0.2, 0.25) is 0 Å². The molecule has 1 heterocycles. The molecule has 2 aromatic rings. The summed E-state index contributed by atoms with van der Waals surface area (Å²) in [5, 5.41) is 1.49. The highest BCUT2D eigenvalue weighted by Crippen LogP contribution is 2.31. The van der Waals surface area contributed by atoms with E-state index < -0.39 is 0 Å². The van der Waals surface area contributed by atoms with Crippen molar-refractivity contribution >= 4 is 45.0 Å². The van der Waals surface area contributed by atoms with Crippen LogP contribution in [0.4, 0.5) is 5.69 Å².